The molecule has 1 aromatic carbocycles. The number of rotatable bonds is 5. The van der Waals surface area contributed by atoms with E-state index in [-0.39, 0.29) is 23.3 Å². The van der Waals surface area contributed by atoms with E-state index in [4.69, 9.17) is 4.74 Å². The number of carbonyl (C=O) groups excluding carboxylic acids is 1. The maximum Gasteiger partial charge on any atom is 0.341 e. The molecule has 0 aliphatic carbocycles. The van der Waals surface area contributed by atoms with E-state index >= 15 is 0 Å². The van der Waals surface area contributed by atoms with E-state index in [1.54, 1.807) is 0 Å². The van der Waals surface area contributed by atoms with Crippen molar-refractivity contribution in [3.05, 3.63) is 41.2 Å². The summed E-state index contributed by atoms with van der Waals surface area (Å²) in [5, 5.41) is 9.88. The van der Waals surface area contributed by atoms with Gasteiger partial charge in [-0.1, -0.05) is 6.58 Å². The average molecular weight is 254 g/mol. The Morgan fingerprint density at radius 2 is 2.11 bits per heavy atom. The van der Waals surface area contributed by atoms with Crippen LogP contribution in [0.15, 0.2) is 24.3 Å². The van der Waals surface area contributed by atoms with Crippen LogP contribution in [0.25, 0.3) is 0 Å². The molecule has 0 fully saturated rings. The summed E-state index contributed by atoms with van der Waals surface area (Å²) in [5.74, 6) is -1.69. The summed E-state index contributed by atoms with van der Waals surface area (Å²) < 4.78 is 22.7. The monoisotopic (exact) mass is 254 g/mol. The van der Waals surface area contributed by atoms with Gasteiger partial charge in [-0.3, -0.25) is 0 Å². The van der Waals surface area contributed by atoms with Crippen molar-refractivity contribution < 1.29 is 23.8 Å². The predicted molar refractivity (Wildman–Crippen MR) is 64.1 cm³/mol. The number of hydrogen-bond acceptors (Lipinski definition) is 4. The van der Waals surface area contributed by atoms with Crippen LogP contribution in [0.4, 0.5) is 4.39 Å². The van der Waals surface area contributed by atoms with E-state index < -0.39 is 11.8 Å². The molecule has 1 rings (SSSR count). The van der Waals surface area contributed by atoms with Crippen LogP contribution in [0, 0.1) is 5.82 Å². The molecule has 0 heterocycles. The number of ether oxygens (including phenoxy) is 2. The number of esters is 1. The van der Waals surface area contributed by atoms with E-state index in [0.29, 0.717) is 12.2 Å². The van der Waals surface area contributed by atoms with Gasteiger partial charge in [0.15, 0.2) is 0 Å². The fourth-order valence-corrected chi connectivity index (χ4v) is 1.58. The number of aromatic hydroxyl groups is 1. The van der Waals surface area contributed by atoms with Crippen molar-refractivity contribution in [2.45, 2.75) is 6.42 Å². The molecule has 98 valence electrons. The highest BCUT2D eigenvalue weighted by molar-refractivity contribution is 5.92. The standard InChI is InChI=1S/C13H15FO4/c1-8(7-17-2)4-9-5-10(14)6-11(12(9)15)13(16)18-3/h5-6,15H,1,4,7H2,2-3H3. The lowest BCUT2D eigenvalue weighted by Crippen LogP contribution is -2.05. The topological polar surface area (TPSA) is 55.8 Å². The quantitative estimate of drug-likeness (QED) is 0.645. The number of phenolic OH excluding ortho intramolecular Hbond substituents is 1. The molecule has 5 heteroatoms. The number of phenols is 1. The average Bonchev–Trinajstić information content (AvgIpc) is 2.32. The molecule has 1 N–H and O–H groups in total. The Bertz CT molecular complexity index is 468. The molecule has 0 bridgehead atoms. The maximum atomic E-state index is 13.4. The van der Waals surface area contributed by atoms with Gasteiger partial charge in [0.2, 0.25) is 0 Å². The largest absolute Gasteiger partial charge is 0.507 e. The molecule has 0 atom stereocenters. The summed E-state index contributed by atoms with van der Waals surface area (Å²) in [7, 11) is 2.67. The van der Waals surface area contributed by atoms with Crippen LogP contribution in [-0.4, -0.2) is 31.9 Å². The first-order valence-corrected chi connectivity index (χ1v) is 5.24. The van der Waals surface area contributed by atoms with Gasteiger partial charge in [0.05, 0.1) is 13.7 Å². The summed E-state index contributed by atoms with van der Waals surface area (Å²) in [6.45, 7) is 4.03. The Hall–Kier alpha value is -1.88. The SMILES string of the molecule is C=C(COC)Cc1cc(F)cc(C(=O)OC)c1O. The molecule has 4 nitrogen and oxygen atoms in total. The molecular weight excluding hydrogens is 239 g/mol. The minimum Gasteiger partial charge on any atom is -0.507 e. The fourth-order valence-electron chi connectivity index (χ4n) is 1.58. The highest BCUT2D eigenvalue weighted by Gasteiger charge is 2.17. The highest BCUT2D eigenvalue weighted by atomic mass is 19.1. The normalized spacial score (nSPS) is 10.2. The smallest absolute Gasteiger partial charge is 0.341 e. The van der Waals surface area contributed by atoms with Gasteiger partial charge in [-0.25, -0.2) is 9.18 Å². The highest BCUT2D eigenvalue weighted by Crippen LogP contribution is 2.26. The van der Waals surface area contributed by atoms with E-state index in [2.05, 4.69) is 11.3 Å². The minimum atomic E-state index is -0.786. The molecule has 0 saturated carbocycles. The van der Waals surface area contributed by atoms with Gasteiger partial charge in [0, 0.05) is 12.7 Å². The van der Waals surface area contributed by atoms with Crippen LogP contribution >= 0.6 is 0 Å². The Morgan fingerprint density at radius 3 is 2.67 bits per heavy atom. The zero-order valence-corrected chi connectivity index (χ0v) is 10.3. The molecular formula is C13H15FO4. The molecule has 0 aromatic heterocycles. The first kappa shape index (κ1) is 14.2. The molecule has 1 aromatic rings. The Morgan fingerprint density at radius 1 is 1.44 bits per heavy atom. The molecule has 0 radical (unpaired) electrons. The lowest BCUT2D eigenvalue weighted by Gasteiger charge is -2.10. The van der Waals surface area contributed by atoms with Crippen LogP contribution in [0.5, 0.6) is 5.75 Å². The summed E-state index contributed by atoms with van der Waals surface area (Å²) in [5.41, 5.74) is 0.740. The third-order valence-corrected chi connectivity index (χ3v) is 2.35. The van der Waals surface area contributed by atoms with Crippen molar-refractivity contribution >= 4 is 5.97 Å². The van der Waals surface area contributed by atoms with Crippen molar-refractivity contribution in [2.75, 3.05) is 20.8 Å². The summed E-state index contributed by atoms with van der Waals surface area (Å²) >= 11 is 0. The zero-order chi connectivity index (χ0) is 13.7. The van der Waals surface area contributed by atoms with E-state index in [9.17, 15) is 14.3 Å². The van der Waals surface area contributed by atoms with Crippen molar-refractivity contribution in [3.63, 3.8) is 0 Å². The summed E-state index contributed by atoms with van der Waals surface area (Å²) in [4.78, 5) is 11.4. The number of halogens is 1. The molecule has 0 aliphatic heterocycles. The second-order valence-corrected chi connectivity index (χ2v) is 3.81. The van der Waals surface area contributed by atoms with Gasteiger partial charge >= 0.3 is 5.97 Å². The first-order valence-electron chi connectivity index (χ1n) is 5.24. The lowest BCUT2D eigenvalue weighted by molar-refractivity contribution is 0.0596. The molecule has 18 heavy (non-hydrogen) atoms. The second kappa shape index (κ2) is 6.16. The van der Waals surface area contributed by atoms with Crippen LogP contribution in [0.1, 0.15) is 15.9 Å². The molecule has 0 aliphatic rings. The zero-order valence-electron chi connectivity index (χ0n) is 10.3. The third kappa shape index (κ3) is 3.30. The van der Waals surface area contributed by atoms with Crippen LogP contribution in [-0.2, 0) is 15.9 Å². The Labute approximate surface area is 105 Å². The van der Waals surface area contributed by atoms with Crippen LogP contribution < -0.4 is 0 Å². The Balaban J connectivity index is 3.09. The van der Waals surface area contributed by atoms with Crippen molar-refractivity contribution in [1.29, 1.82) is 0 Å². The fraction of sp³-hybridized carbons (Fsp3) is 0.308. The lowest BCUT2D eigenvalue weighted by atomic mass is 10.0. The van der Waals surface area contributed by atoms with Gasteiger partial charge in [0.1, 0.15) is 17.1 Å². The first-order chi connectivity index (χ1) is 8.49. The molecule has 0 unspecified atom stereocenters. The molecule has 0 saturated heterocycles. The van der Waals surface area contributed by atoms with Crippen LogP contribution in [0.3, 0.4) is 0 Å². The molecule has 0 spiro atoms. The van der Waals surface area contributed by atoms with Crippen molar-refractivity contribution in [2.24, 2.45) is 0 Å². The van der Waals surface area contributed by atoms with Gasteiger partial charge in [0.25, 0.3) is 0 Å². The number of carbonyl (C=O) groups is 1. The number of hydrogen-bond donors (Lipinski definition) is 1. The predicted octanol–water partition coefficient (Wildman–Crippen LogP) is 2.06. The molecule has 0 amide bonds. The van der Waals surface area contributed by atoms with E-state index in [0.717, 1.165) is 19.2 Å². The van der Waals surface area contributed by atoms with Crippen molar-refractivity contribution in [3.8, 4) is 5.75 Å². The number of benzene rings is 1. The van der Waals surface area contributed by atoms with Gasteiger partial charge in [-0.05, 0) is 24.1 Å². The Kier molecular flexibility index (Phi) is 4.85. The minimum absolute atomic E-state index is 0.197. The third-order valence-electron chi connectivity index (χ3n) is 2.35. The summed E-state index contributed by atoms with van der Waals surface area (Å²) in [6.07, 6.45) is 0.224. The van der Waals surface area contributed by atoms with Gasteiger partial charge in [-0.2, -0.15) is 0 Å². The van der Waals surface area contributed by atoms with E-state index in [1.807, 2.05) is 0 Å². The van der Waals surface area contributed by atoms with Crippen LogP contribution in [0.2, 0.25) is 0 Å². The van der Waals surface area contributed by atoms with Gasteiger partial charge in [-0.15, -0.1) is 0 Å². The van der Waals surface area contributed by atoms with Crippen molar-refractivity contribution in [1.82, 2.24) is 0 Å². The second-order valence-electron chi connectivity index (χ2n) is 3.81. The summed E-state index contributed by atoms with van der Waals surface area (Å²) in [6, 6.07) is 2.09. The van der Waals surface area contributed by atoms with E-state index in [1.165, 1.54) is 7.11 Å². The van der Waals surface area contributed by atoms with Gasteiger partial charge < -0.3 is 14.6 Å². The number of methoxy groups -OCH3 is 2. The maximum absolute atomic E-state index is 13.4.